The Morgan fingerprint density at radius 3 is 2.76 bits per heavy atom. The summed E-state index contributed by atoms with van der Waals surface area (Å²) in [6.45, 7) is 3.57. The molecule has 37 heavy (non-hydrogen) atoms. The third-order valence-electron chi connectivity index (χ3n) is 6.15. The van der Waals surface area contributed by atoms with Crippen molar-refractivity contribution >= 4 is 43.7 Å². The van der Waals surface area contributed by atoms with Gasteiger partial charge in [0.2, 0.25) is 5.88 Å². The van der Waals surface area contributed by atoms with Crippen molar-refractivity contribution in [2.75, 3.05) is 18.0 Å². The number of anilines is 1. The molecule has 3 aromatic heterocycles. The van der Waals surface area contributed by atoms with Crippen LogP contribution in [-0.2, 0) is 6.42 Å². The molecule has 1 saturated heterocycles. The fraction of sp³-hybridized carbons (Fsp3) is 0.192. The van der Waals surface area contributed by atoms with Gasteiger partial charge in [0.15, 0.2) is 0 Å². The number of hydrogen-bond donors (Lipinski definition) is 2. The summed E-state index contributed by atoms with van der Waals surface area (Å²) in [5.41, 5.74) is 8.70. The molecule has 0 unspecified atom stereocenters. The number of ether oxygens (including phenoxy) is 2. The molecule has 6 rings (SSSR count). The molecule has 5 aromatic rings. The van der Waals surface area contributed by atoms with Crippen LogP contribution < -0.4 is 20.1 Å². The average molecular weight is 557 g/mol. The van der Waals surface area contributed by atoms with Crippen LogP contribution in [-0.4, -0.2) is 44.1 Å². The molecule has 0 amide bonds. The van der Waals surface area contributed by atoms with Gasteiger partial charge >= 0.3 is 6.01 Å². The Labute approximate surface area is 220 Å². The standard InChI is InChI=1S/C26H21BrN8O2/c1-2-19-22(27)21-23(32-19)33-26(34-25(21)36-16-5-3-4-14(8-16)10-28)37-17-6-7-18-20(9-17)30-13-31-24(18)35-11-15(29)12-35/h3-9,13,15H,2,11-12,29H2,1H3,(H,32,33,34). The monoisotopic (exact) mass is 556 g/mol. The van der Waals surface area contributed by atoms with Gasteiger partial charge in [-0.15, -0.1) is 0 Å². The van der Waals surface area contributed by atoms with Crippen LogP contribution in [0.3, 0.4) is 0 Å². The number of halogens is 1. The number of nitrogens with two attached hydrogens (primary N) is 1. The van der Waals surface area contributed by atoms with E-state index < -0.39 is 0 Å². The van der Waals surface area contributed by atoms with Crippen molar-refractivity contribution in [3.05, 3.63) is 64.5 Å². The van der Waals surface area contributed by atoms with Gasteiger partial charge in [-0.05, 0) is 52.7 Å². The van der Waals surface area contributed by atoms with Crippen molar-refractivity contribution in [2.45, 2.75) is 19.4 Å². The molecular formula is C26H21BrN8O2. The molecule has 4 heterocycles. The van der Waals surface area contributed by atoms with Gasteiger partial charge in [0, 0.05) is 36.3 Å². The maximum absolute atomic E-state index is 9.26. The molecule has 1 fully saturated rings. The Morgan fingerprint density at radius 1 is 1.14 bits per heavy atom. The molecular weight excluding hydrogens is 536 g/mol. The first-order chi connectivity index (χ1) is 18.0. The van der Waals surface area contributed by atoms with Gasteiger partial charge in [0.1, 0.15) is 29.3 Å². The summed E-state index contributed by atoms with van der Waals surface area (Å²) in [6, 6.07) is 14.9. The maximum Gasteiger partial charge on any atom is 0.327 e. The Morgan fingerprint density at radius 2 is 1.97 bits per heavy atom. The topological polar surface area (TPSA) is 139 Å². The molecule has 2 aromatic carbocycles. The van der Waals surface area contributed by atoms with E-state index in [0.29, 0.717) is 34.0 Å². The van der Waals surface area contributed by atoms with E-state index in [1.54, 1.807) is 24.3 Å². The number of rotatable bonds is 6. The number of nitrogens with one attached hydrogen (secondary N) is 1. The van der Waals surface area contributed by atoms with E-state index in [0.717, 1.165) is 46.4 Å². The molecule has 0 saturated carbocycles. The lowest BCUT2D eigenvalue weighted by Crippen LogP contribution is -2.56. The number of fused-ring (bicyclic) bond motifs is 2. The zero-order valence-electron chi connectivity index (χ0n) is 19.8. The van der Waals surface area contributed by atoms with E-state index in [-0.39, 0.29) is 12.1 Å². The summed E-state index contributed by atoms with van der Waals surface area (Å²) in [6.07, 6.45) is 2.29. The van der Waals surface area contributed by atoms with E-state index in [2.05, 4.69) is 51.8 Å². The maximum atomic E-state index is 9.26. The van der Waals surface area contributed by atoms with Crippen molar-refractivity contribution in [3.63, 3.8) is 0 Å². The molecule has 0 bridgehead atoms. The normalized spacial score (nSPS) is 13.5. The van der Waals surface area contributed by atoms with Crippen molar-refractivity contribution in [1.82, 2.24) is 24.9 Å². The highest BCUT2D eigenvalue weighted by molar-refractivity contribution is 9.10. The first kappa shape index (κ1) is 23.1. The lowest BCUT2D eigenvalue weighted by atomic mass is 10.1. The molecule has 0 spiro atoms. The second-order valence-electron chi connectivity index (χ2n) is 8.69. The van der Waals surface area contributed by atoms with Gasteiger partial charge in [0.25, 0.3) is 0 Å². The van der Waals surface area contributed by atoms with Gasteiger partial charge in [0.05, 0.1) is 27.0 Å². The fourth-order valence-corrected chi connectivity index (χ4v) is 5.03. The van der Waals surface area contributed by atoms with Gasteiger partial charge < -0.3 is 25.1 Å². The fourth-order valence-electron chi connectivity index (χ4n) is 4.29. The minimum absolute atomic E-state index is 0.109. The minimum Gasteiger partial charge on any atom is -0.438 e. The molecule has 0 atom stereocenters. The second kappa shape index (κ2) is 9.31. The van der Waals surface area contributed by atoms with E-state index in [1.165, 1.54) is 6.33 Å². The number of aryl methyl sites for hydroxylation is 1. The van der Waals surface area contributed by atoms with Crippen LogP contribution in [0.4, 0.5) is 5.82 Å². The first-order valence-electron chi connectivity index (χ1n) is 11.7. The van der Waals surface area contributed by atoms with E-state index in [9.17, 15) is 5.26 Å². The highest BCUT2D eigenvalue weighted by atomic mass is 79.9. The van der Waals surface area contributed by atoms with Crippen LogP contribution in [0.15, 0.2) is 53.3 Å². The SMILES string of the molecule is CCc1[nH]c2nc(Oc3ccc4c(N5CC(N)C5)ncnc4c3)nc(Oc3cccc(C#N)c3)c2c1Br. The summed E-state index contributed by atoms with van der Waals surface area (Å²) < 4.78 is 13.0. The second-order valence-corrected chi connectivity index (χ2v) is 9.48. The third kappa shape index (κ3) is 4.30. The zero-order chi connectivity index (χ0) is 25.5. The minimum atomic E-state index is 0.109. The summed E-state index contributed by atoms with van der Waals surface area (Å²) in [5, 5.41) is 10.9. The summed E-state index contributed by atoms with van der Waals surface area (Å²) >= 11 is 3.65. The number of nitriles is 1. The van der Waals surface area contributed by atoms with Crippen LogP contribution in [0.25, 0.3) is 21.9 Å². The molecule has 3 N–H and O–H groups in total. The smallest absolute Gasteiger partial charge is 0.327 e. The molecule has 0 aliphatic carbocycles. The van der Waals surface area contributed by atoms with Crippen LogP contribution in [0.2, 0.25) is 0 Å². The lowest BCUT2D eigenvalue weighted by molar-refractivity contribution is 0.417. The quantitative estimate of drug-likeness (QED) is 0.301. The highest BCUT2D eigenvalue weighted by Gasteiger charge is 2.26. The predicted molar refractivity (Wildman–Crippen MR) is 142 cm³/mol. The van der Waals surface area contributed by atoms with Crippen LogP contribution >= 0.6 is 15.9 Å². The van der Waals surface area contributed by atoms with E-state index in [1.807, 2.05) is 25.1 Å². The predicted octanol–water partition coefficient (Wildman–Crippen LogP) is 4.83. The Bertz CT molecular complexity index is 1690. The summed E-state index contributed by atoms with van der Waals surface area (Å²) in [7, 11) is 0. The average Bonchev–Trinajstić information content (AvgIpc) is 3.22. The number of nitrogens with zero attached hydrogens (tertiary/aromatic N) is 6. The molecule has 0 radical (unpaired) electrons. The van der Waals surface area contributed by atoms with Crippen molar-refractivity contribution in [2.24, 2.45) is 5.73 Å². The number of benzene rings is 2. The first-order valence-corrected chi connectivity index (χ1v) is 12.5. The van der Waals surface area contributed by atoms with E-state index >= 15 is 0 Å². The van der Waals surface area contributed by atoms with Crippen molar-refractivity contribution < 1.29 is 9.47 Å². The van der Waals surface area contributed by atoms with Crippen molar-refractivity contribution in [3.8, 4) is 29.5 Å². The van der Waals surface area contributed by atoms with Crippen LogP contribution in [0.5, 0.6) is 23.4 Å². The number of H-pyrrole nitrogens is 1. The van der Waals surface area contributed by atoms with Gasteiger partial charge in [-0.3, -0.25) is 0 Å². The molecule has 11 heteroatoms. The van der Waals surface area contributed by atoms with Crippen LogP contribution in [0.1, 0.15) is 18.2 Å². The van der Waals surface area contributed by atoms with E-state index in [4.69, 9.17) is 15.2 Å². The molecule has 1 aliphatic heterocycles. The molecule has 10 nitrogen and oxygen atoms in total. The number of hydrogen-bond acceptors (Lipinski definition) is 9. The van der Waals surface area contributed by atoms with Crippen molar-refractivity contribution in [1.29, 1.82) is 5.26 Å². The summed E-state index contributed by atoms with van der Waals surface area (Å²) in [5.74, 6) is 2.17. The molecule has 1 aliphatic rings. The number of aromatic nitrogens is 5. The number of aromatic amines is 1. The Kier molecular flexibility index (Phi) is 5.82. The van der Waals surface area contributed by atoms with Gasteiger partial charge in [-0.2, -0.15) is 15.2 Å². The van der Waals surface area contributed by atoms with Gasteiger partial charge in [-0.25, -0.2) is 9.97 Å². The Balaban J connectivity index is 1.37. The lowest BCUT2D eigenvalue weighted by Gasteiger charge is -2.38. The molecule has 184 valence electrons. The van der Waals surface area contributed by atoms with Gasteiger partial charge in [-0.1, -0.05) is 13.0 Å². The van der Waals surface area contributed by atoms with Crippen LogP contribution in [0, 0.1) is 11.3 Å². The summed E-state index contributed by atoms with van der Waals surface area (Å²) in [4.78, 5) is 23.5. The highest BCUT2D eigenvalue weighted by Crippen LogP contribution is 2.38. The Hall–Kier alpha value is -4.27. The largest absolute Gasteiger partial charge is 0.438 e. The zero-order valence-corrected chi connectivity index (χ0v) is 21.4. The third-order valence-corrected chi connectivity index (χ3v) is 7.02.